The zero-order valence-corrected chi connectivity index (χ0v) is 7.36. The van der Waals surface area contributed by atoms with Crippen LogP contribution in [0.3, 0.4) is 0 Å². The molecule has 3 nitrogen and oxygen atoms in total. The van der Waals surface area contributed by atoms with Crippen LogP contribution in [0.5, 0.6) is 0 Å². The molecule has 1 aliphatic rings. The van der Waals surface area contributed by atoms with E-state index < -0.39 is 0 Å². The summed E-state index contributed by atoms with van der Waals surface area (Å²) in [4.78, 5) is 15.8. The third-order valence-electron chi connectivity index (χ3n) is 2.40. The lowest BCUT2D eigenvalue weighted by Crippen LogP contribution is -2.04. The highest BCUT2D eigenvalue weighted by molar-refractivity contribution is 6.14. The second kappa shape index (κ2) is 2.54. The number of hydrogen-bond acceptors (Lipinski definition) is 3. The van der Waals surface area contributed by atoms with Gasteiger partial charge in [-0.2, -0.15) is 0 Å². The SMILES string of the molecule is O=C1CC=Nc2c1ccc1occc21. The van der Waals surface area contributed by atoms with E-state index in [1.807, 2.05) is 12.1 Å². The summed E-state index contributed by atoms with van der Waals surface area (Å²) in [5.74, 6) is 0.123. The number of ketones is 1. The Morgan fingerprint density at radius 1 is 1.29 bits per heavy atom. The molecule has 0 aliphatic carbocycles. The van der Waals surface area contributed by atoms with Gasteiger partial charge in [0.15, 0.2) is 5.78 Å². The number of carbonyl (C=O) groups excluding carboxylic acids is 1. The number of aliphatic imine (C=N–C) groups is 1. The van der Waals surface area contributed by atoms with Crippen molar-refractivity contribution in [2.24, 2.45) is 4.99 Å². The fraction of sp³-hybridized carbons (Fsp3) is 0.0909. The summed E-state index contributed by atoms with van der Waals surface area (Å²) in [6, 6.07) is 5.43. The van der Waals surface area contributed by atoms with Gasteiger partial charge in [-0.25, -0.2) is 0 Å². The normalized spacial score (nSPS) is 14.7. The second-order valence-electron chi connectivity index (χ2n) is 3.23. The molecule has 3 rings (SSSR count). The van der Waals surface area contributed by atoms with Crippen molar-refractivity contribution in [3.05, 3.63) is 30.0 Å². The number of furan rings is 1. The standard InChI is InChI=1S/C11H7NO2/c13-9-3-5-12-11-7(9)1-2-10-8(11)4-6-14-10/h1-2,4-6H,3H2. The van der Waals surface area contributed by atoms with Gasteiger partial charge in [0, 0.05) is 23.6 Å². The van der Waals surface area contributed by atoms with Gasteiger partial charge in [0.25, 0.3) is 0 Å². The first-order valence-electron chi connectivity index (χ1n) is 4.42. The Hall–Kier alpha value is -1.90. The molecule has 0 spiro atoms. The van der Waals surface area contributed by atoms with Crippen LogP contribution in [0.1, 0.15) is 16.8 Å². The van der Waals surface area contributed by atoms with Gasteiger partial charge >= 0.3 is 0 Å². The summed E-state index contributed by atoms with van der Waals surface area (Å²) in [5.41, 5.74) is 2.21. The van der Waals surface area contributed by atoms with Gasteiger partial charge in [-0.1, -0.05) is 0 Å². The summed E-state index contributed by atoms with van der Waals surface area (Å²) in [6.45, 7) is 0. The van der Waals surface area contributed by atoms with E-state index in [-0.39, 0.29) is 5.78 Å². The van der Waals surface area contributed by atoms with E-state index in [9.17, 15) is 4.79 Å². The second-order valence-corrected chi connectivity index (χ2v) is 3.23. The van der Waals surface area contributed by atoms with Crippen LogP contribution in [-0.4, -0.2) is 12.0 Å². The van der Waals surface area contributed by atoms with Crippen molar-refractivity contribution in [1.29, 1.82) is 0 Å². The molecule has 3 heteroatoms. The van der Waals surface area contributed by atoms with Crippen LogP contribution in [0.2, 0.25) is 0 Å². The van der Waals surface area contributed by atoms with E-state index in [1.165, 1.54) is 0 Å². The zero-order valence-electron chi connectivity index (χ0n) is 7.36. The van der Waals surface area contributed by atoms with Gasteiger partial charge in [0.2, 0.25) is 0 Å². The van der Waals surface area contributed by atoms with Crippen molar-refractivity contribution >= 4 is 28.7 Å². The maximum Gasteiger partial charge on any atom is 0.170 e. The Bertz CT molecular complexity index is 551. The summed E-state index contributed by atoms with van der Waals surface area (Å²) in [6.07, 6.45) is 3.66. The molecule has 0 saturated carbocycles. The molecular weight excluding hydrogens is 178 g/mol. The molecule has 0 fully saturated rings. The van der Waals surface area contributed by atoms with Crippen molar-refractivity contribution in [3.8, 4) is 0 Å². The number of nitrogens with zero attached hydrogens (tertiary/aromatic N) is 1. The third-order valence-corrected chi connectivity index (χ3v) is 2.40. The highest BCUT2D eigenvalue weighted by atomic mass is 16.3. The van der Waals surface area contributed by atoms with E-state index in [0.717, 1.165) is 16.7 Å². The predicted octanol–water partition coefficient (Wildman–Crippen LogP) is 2.72. The first-order chi connectivity index (χ1) is 6.86. The monoisotopic (exact) mass is 185 g/mol. The lowest BCUT2D eigenvalue weighted by Gasteiger charge is -2.08. The molecule has 2 heterocycles. The smallest absolute Gasteiger partial charge is 0.170 e. The average Bonchev–Trinajstić information content (AvgIpc) is 2.66. The number of rotatable bonds is 0. The topological polar surface area (TPSA) is 42.6 Å². The number of Topliss-reactive ketones (excluding diaryl/α,β-unsaturated/α-hetero) is 1. The van der Waals surface area contributed by atoms with Crippen molar-refractivity contribution in [3.63, 3.8) is 0 Å². The predicted molar refractivity (Wildman–Crippen MR) is 53.3 cm³/mol. The van der Waals surface area contributed by atoms with E-state index in [0.29, 0.717) is 12.0 Å². The summed E-state index contributed by atoms with van der Waals surface area (Å²) >= 11 is 0. The van der Waals surface area contributed by atoms with Crippen LogP contribution in [0.4, 0.5) is 5.69 Å². The largest absolute Gasteiger partial charge is 0.464 e. The van der Waals surface area contributed by atoms with Crippen LogP contribution in [0.15, 0.2) is 33.9 Å². The first-order valence-corrected chi connectivity index (χ1v) is 4.42. The van der Waals surface area contributed by atoms with Gasteiger partial charge in [0.1, 0.15) is 5.58 Å². The highest BCUT2D eigenvalue weighted by Gasteiger charge is 2.17. The van der Waals surface area contributed by atoms with Crippen LogP contribution in [0.25, 0.3) is 11.0 Å². The maximum absolute atomic E-state index is 11.5. The maximum atomic E-state index is 11.5. The van der Waals surface area contributed by atoms with E-state index in [4.69, 9.17) is 4.42 Å². The molecule has 0 N–H and O–H groups in total. The van der Waals surface area contributed by atoms with Crippen molar-refractivity contribution in [1.82, 2.24) is 0 Å². The van der Waals surface area contributed by atoms with Crippen molar-refractivity contribution < 1.29 is 9.21 Å². The quantitative estimate of drug-likeness (QED) is 0.633. The molecule has 2 aromatic rings. The van der Waals surface area contributed by atoms with Gasteiger partial charge in [-0.05, 0) is 18.2 Å². The van der Waals surface area contributed by atoms with Gasteiger partial charge in [-0.3, -0.25) is 9.79 Å². The molecule has 1 aromatic carbocycles. The Morgan fingerprint density at radius 2 is 2.21 bits per heavy atom. The molecule has 0 atom stereocenters. The lowest BCUT2D eigenvalue weighted by molar-refractivity contribution is 0.100. The van der Waals surface area contributed by atoms with Crippen LogP contribution < -0.4 is 0 Å². The molecule has 68 valence electrons. The number of fused-ring (bicyclic) bond motifs is 3. The molecular formula is C11H7NO2. The first kappa shape index (κ1) is 7.50. The number of carbonyl (C=O) groups is 1. The highest BCUT2D eigenvalue weighted by Crippen LogP contribution is 2.33. The summed E-state index contributed by atoms with van der Waals surface area (Å²) in [5, 5.41) is 0.909. The zero-order chi connectivity index (χ0) is 9.54. The van der Waals surface area contributed by atoms with Crippen molar-refractivity contribution in [2.45, 2.75) is 6.42 Å². The van der Waals surface area contributed by atoms with Crippen LogP contribution in [-0.2, 0) is 0 Å². The fourth-order valence-corrected chi connectivity index (χ4v) is 1.72. The minimum absolute atomic E-state index is 0.123. The molecule has 0 unspecified atom stereocenters. The van der Waals surface area contributed by atoms with Crippen LogP contribution in [0, 0.1) is 0 Å². The van der Waals surface area contributed by atoms with Gasteiger partial charge < -0.3 is 4.42 Å². The Balaban J connectivity index is 2.45. The Labute approximate surface area is 80.1 Å². The molecule has 1 aromatic heterocycles. The van der Waals surface area contributed by atoms with E-state index >= 15 is 0 Å². The van der Waals surface area contributed by atoms with E-state index in [1.54, 1.807) is 18.5 Å². The number of hydrogen-bond donors (Lipinski definition) is 0. The molecule has 0 saturated heterocycles. The fourth-order valence-electron chi connectivity index (χ4n) is 1.72. The molecule has 0 radical (unpaired) electrons. The third kappa shape index (κ3) is 0.865. The molecule has 0 bridgehead atoms. The van der Waals surface area contributed by atoms with Gasteiger partial charge in [-0.15, -0.1) is 0 Å². The minimum atomic E-state index is 0.123. The summed E-state index contributed by atoms with van der Waals surface area (Å²) < 4.78 is 5.23. The van der Waals surface area contributed by atoms with Crippen LogP contribution >= 0.6 is 0 Å². The Kier molecular flexibility index (Phi) is 1.36. The molecule has 14 heavy (non-hydrogen) atoms. The van der Waals surface area contributed by atoms with Gasteiger partial charge in [0.05, 0.1) is 12.0 Å². The molecule has 0 amide bonds. The van der Waals surface area contributed by atoms with Crippen molar-refractivity contribution in [2.75, 3.05) is 0 Å². The number of benzene rings is 1. The Morgan fingerprint density at radius 3 is 3.14 bits per heavy atom. The molecule has 1 aliphatic heterocycles. The minimum Gasteiger partial charge on any atom is -0.464 e. The summed E-state index contributed by atoms with van der Waals surface area (Å²) in [7, 11) is 0. The lowest BCUT2D eigenvalue weighted by atomic mass is 10.0. The van der Waals surface area contributed by atoms with E-state index in [2.05, 4.69) is 4.99 Å². The average molecular weight is 185 g/mol.